The molecule has 0 aromatic heterocycles. The quantitative estimate of drug-likeness (QED) is 0.0252. The van der Waals surface area contributed by atoms with Gasteiger partial charge in [-0.25, -0.2) is 0 Å². The molecule has 0 spiro atoms. The summed E-state index contributed by atoms with van der Waals surface area (Å²) in [6.07, 6.45) is 16.3. The highest BCUT2D eigenvalue weighted by Crippen LogP contribution is 2.16. The Labute approximate surface area is 835 Å². The molecular weight excluding hydrogens is 1820 g/mol. The van der Waals surface area contributed by atoms with Crippen LogP contribution in [0, 0.1) is 0 Å². The Bertz CT molecular complexity index is 3520. The van der Waals surface area contributed by atoms with Gasteiger partial charge in [-0.2, -0.15) is 0 Å². The number of amides is 16. The topological polar surface area (TPSA) is 896 Å². The summed E-state index contributed by atoms with van der Waals surface area (Å²) in [4.78, 5) is 221. The molecule has 0 rings (SSSR count). The molecule has 0 aromatic rings. The van der Waals surface area contributed by atoms with Gasteiger partial charge in [0.1, 0.15) is 48.3 Å². The maximum Gasteiger partial charge on any atom is 0.243 e. The summed E-state index contributed by atoms with van der Waals surface area (Å²) in [6, 6.07) is -17.3. The Balaban J connectivity index is 7.82. The van der Waals surface area contributed by atoms with Gasteiger partial charge < -0.3 is 177 Å². The smallest absolute Gasteiger partial charge is 0.243 e. The van der Waals surface area contributed by atoms with Gasteiger partial charge in [0.2, 0.25) is 94.5 Å². The first-order valence-electron chi connectivity index (χ1n) is 51.8. The summed E-state index contributed by atoms with van der Waals surface area (Å²) < 4.78 is 0. The molecule has 0 radical (unpaired) electrons. The van der Waals surface area contributed by atoms with Crippen LogP contribution in [-0.2, 0) is 76.7 Å². The van der Waals surface area contributed by atoms with Crippen LogP contribution >= 0.6 is 0 Å². The predicted molar refractivity (Wildman–Crippen MR) is 545 cm³/mol. The van der Waals surface area contributed by atoms with Crippen LogP contribution < -0.4 is 177 Å². The number of nitrogens with one attached hydrogen (secondary N) is 15. The van der Waals surface area contributed by atoms with Crippen LogP contribution in [0.25, 0.3) is 0 Å². The number of carbonyl (C=O) groups is 16. The molecular formula is C93H188N32O16. The second kappa shape index (κ2) is 84.3. The monoisotopic (exact) mass is 2010 g/mol. The fourth-order valence-electron chi connectivity index (χ4n) is 15.0. The fraction of sp³-hybridized carbons (Fsp3) is 0.828. The summed E-state index contributed by atoms with van der Waals surface area (Å²) in [5, 5.41) is 41.8. The lowest BCUT2D eigenvalue weighted by atomic mass is 10.0. The summed E-state index contributed by atoms with van der Waals surface area (Å²) in [5.41, 5.74) is 101. The van der Waals surface area contributed by atoms with E-state index in [0.29, 0.717) is 226 Å². The summed E-state index contributed by atoms with van der Waals surface area (Å²) in [6.45, 7) is 5.31. The molecule has 48 heteroatoms. The van der Waals surface area contributed by atoms with E-state index >= 15 is 4.79 Å². The standard InChI is InChI=1S/C93H188N32O16/c1-62(78(110)126)118-90(138)74(124-93(141)77(125-92(140)76(122-86(134)70(109)39-9-24-54-101)45-14-28-58-114-82(130)66(105)35-5-20-50-97)46-16-31-60-116-88(136)72(120-84(132)68(107)37-7-22-52-99)41-11-26-56-112-80(128)64(103)33-3-18-48-95)43-15-30-61-117-89(137)73(123-91(139)75(121-85(133)69(108)38-8-23-53-100)44-13-27-57-113-81(129)65(104)34-4-19-49-96)42-12-29-59-115-87(135)71(119-83(131)67(106)36-6-21-51-98)40-10-25-55-111-79(127)63(102)32-2-17-47-94/h62-77H,2-61,94-109H2,1H3,(H2,110,126)(H,111,127)(H,112,128)(H,113,129)(H,114,130)(H,115,135)(H,116,136)(H,117,137)(H,118,138)(H,119,131)(H,120,132)(H,121,133)(H,122,134)(H,123,139)(H,124,141)(H,125,140). The molecule has 0 fully saturated rings. The number of nitrogens with two attached hydrogens (primary N) is 17. The van der Waals surface area contributed by atoms with E-state index in [-0.39, 0.29) is 179 Å². The fourth-order valence-corrected chi connectivity index (χ4v) is 15.0. The molecule has 48 nitrogen and oxygen atoms in total. The highest BCUT2D eigenvalue weighted by molar-refractivity contribution is 5.97. The van der Waals surface area contributed by atoms with Crippen molar-refractivity contribution in [3.63, 3.8) is 0 Å². The maximum atomic E-state index is 15.2. The SMILES string of the molecule is CC(NC(=O)C(CCCCNC(=O)C(CCCCNC(=O)C(CCCCNC(=O)C(N)CCCCN)NC(=O)C(N)CCCCN)NC(=O)C(CCCCNC(=O)C(N)CCCCN)NC(=O)C(N)CCCCN)NC(=O)C(CCCCNC(=O)C(CCCCNC(=O)C(N)CCCCN)NC(=O)C(N)CCCCN)NC(=O)C(CCCCNC(=O)C(N)CCCCN)NC(=O)C(N)CCCCN)C(N)=O. The highest BCUT2D eigenvalue weighted by Gasteiger charge is 2.35. The predicted octanol–water partition coefficient (Wildman–Crippen LogP) is -6.97. The first-order chi connectivity index (χ1) is 67.5. The molecule has 0 bridgehead atoms. The van der Waals surface area contributed by atoms with Crippen LogP contribution in [0.3, 0.4) is 0 Å². The average molecular weight is 2010 g/mol. The van der Waals surface area contributed by atoms with E-state index in [1.807, 2.05) is 0 Å². The van der Waals surface area contributed by atoms with Crippen LogP contribution in [0.4, 0.5) is 0 Å². The van der Waals surface area contributed by atoms with Crippen molar-refractivity contribution < 1.29 is 76.7 Å². The van der Waals surface area contributed by atoms with Crippen molar-refractivity contribution in [2.75, 3.05) is 98.2 Å². The van der Waals surface area contributed by atoms with Crippen molar-refractivity contribution in [2.45, 2.75) is 393 Å². The van der Waals surface area contributed by atoms with Crippen molar-refractivity contribution in [3.05, 3.63) is 0 Å². The lowest BCUT2D eigenvalue weighted by molar-refractivity contribution is -0.134. The minimum absolute atomic E-state index is 0.0236. The molecule has 141 heavy (non-hydrogen) atoms. The van der Waals surface area contributed by atoms with E-state index in [4.69, 9.17) is 97.5 Å². The largest absolute Gasteiger partial charge is 0.368 e. The molecule has 0 heterocycles. The Kier molecular flexibility index (Phi) is 78.8. The molecule has 16 unspecified atom stereocenters. The Morgan fingerprint density at radius 3 is 0.447 bits per heavy atom. The lowest BCUT2D eigenvalue weighted by Gasteiger charge is -2.27. The van der Waals surface area contributed by atoms with Crippen LogP contribution in [-0.4, -0.2) is 289 Å². The zero-order valence-corrected chi connectivity index (χ0v) is 84.5. The first kappa shape index (κ1) is 132. The summed E-state index contributed by atoms with van der Waals surface area (Å²) in [7, 11) is 0. The molecule has 49 N–H and O–H groups in total. The van der Waals surface area contributed by atoms with Gasteiger partial charge >= 0.3 is 0 Å². The minimum atomic E-state index is -1.50. The van der Waals surface area contributed by atoms with Crippen LogP contribution in [0.5, 0.6) is 0 Å². The van der Waals surface area contributed by atoms with Crippen LogP contribution in [0.2, 0.25) is 0 Å². The van der Waals surface area contributed by atoms with Crippen molar-refractivity contribution in [3.8, 4) is 0 Å². The number of hydrogen-bond donors (Lipinski definition) is 32. The number of unbranched alkanes of at least 4 members (excludes halogenated alkanes) is 15. The summed E-state index contributed by atoms with van der Waals surface area (Å²) >= 11 is 0. The van der Waals surface area contributed by atoms with Gasteiger partial charge in [0, 0.05) is 45.8 Å². The average Bonchev–Trinajstić information content (AvgIpc) is 0.864. The van der Waals surface area contributed by atoms with Crippen molar-refractivity contribution in [2.24, 2.45) is 97.5 Å². The van der Waals surface area contributed by atoms with Gasteiger partial charge in [-0.05, 0) is 297 Å². The molecule has 0 saturated carbocycles. The van der Waals surface area contributed by atoms with E-state index < -0.39 is 168 Å². The molecule has 0 saturated heterocycles. The van der Waals surface area contributed by atoms with Crippen molar-refractivity contribution in [1.29, 1.82) is 0 Å². The number of primary amides is 1. The number of rotatable bonds is 91. The zero-order valence-electron chi connectivity index (χ0n) is 84.5. The van der Waals surface area contributed by atoms with E-state index in [2.05, 4.69) is 79.8 Å². The highest BCUT2D eigenvalue weighted by atomic mass is 16.2. The van der Waals surface area contributed by atoms with E-state index in [1.54, 1.807) is 0 Å². The van der Waals surface area contributed by atoms with Gasteiger partial charge in [0.25, 0.3) is 0 Å². The zero-order chi connectivity index (χ0) is 106. The molecule has 0 aromatic carbocycles. The molecule has 0 aliphatic heterocycles. The van der Waals surface area contributed by atoms with Crippen LogP contribution in [0.1, 0.15) is 296 Å². The number of hydrogen-bond acceptors (Lipinski definition) is 32. The molecule has 16 atom stereocenters. The Morgan fingerprint density at radius 2 is 0.291 bits per heavy atom. The Morgan fingerprint density at radius 1 is 0.163 bits per heavy atom. The third-order valence-corrected chi connectivity index (χ3v) is 24.2. The van der Waals surface area contributed by atoms with E-state index in [0.717, 1.165) is 6.42 Å². The minimum Gasteiger partial charge on any atom is -0.368 e. The molecule has 816 valence electrons. The second-order valence-corrected chi connectivity index (χ2v) is 36.7. The normalized spacial score (nSPS) is 14.7. The third-order valence-electron chi connectivity index (χ3n) is 24.2. The van der Waals surface area contributed by atoms with Crippen molar-refractivity contribution in [1.82, 2.24) is 79.8 Å². The molecule has 0 aliphatic carbocycles. The lowest BCUT2D eigenvalue weighted by Crippen LogP contribution is -2.58. The van der Waals surface area contributed by atoms with E-state index in [1.165, 1.54) is 6.92 Å². The summed E-state index contributed by atoms with van der Waals surface area (Å²) in [5.74, 6) is -9.98. The molecule has 16 amide bonds. The van der Waals surface area contributed by atoms with Gasteiger partial charge in [0.15, 0.2) is 0 Å². The van der Waals surface area contributed by atoms with Gasteiger partial charge in [-0.3, -0.25) is 76.7 Å². The maximum absolute atomic E-state index is 15.2. The second-order valence-electron chi connectivity index (χ2n) is 36.7. The van der Waals surface area contributed by atoms with Gasteiger partial charge in [-0.1, -0.05) is 51.4 Å². The molecule has 0 aliphatic rings. The van der Waals surface area contributed by atoms with E-state index in [9.17, 15) is 71.9 Å². The third kappa shape index (κ3) is 65.0. The van der Waals surface area contributed by atoms with Gasteiger partial charge in [0.05, 0.1) is 48.3 Å². The first-order valence-corrected chi connectivity index (χ1v) is 51.8. The Hall–Kier alpha value is -9.12. The number of carbonyl (C=O) groups excluding carboxylic acids is 16. The van der Waals surface area contributed by atoms with Gasteiger partial charge in [-0.15, -0.1) is 0 Å². The van der Waals surface area contributed by atoms with Crippen LogP contribution in [0.15, 0.2) is 0 Å². The van der Waals surface area contributed by atoms with Crippen molar-refractivity contribution >= 4 is 94.5 Å².